The van der Waals surface area contributed by atoms with Crippen molar-refractivity contribution in [3.05, 3.63) is 58.3 Å². The van der Waals surface area contributed by atoms with Gasteiger partial charge in [0.1, 0.15) is 11.9 Å². The van der Waals surface area contributed by atoms with Gasteiger partial charge >= 0.3 is 6.01 Å². The van der Waals surface area contributed by atoms with Crippen LogP contribution in [0.5, 0.6) is 6.01 Å². The number of fused-ring (bicyclic) bond motifs is 2. The second kappa shape index (κ2) is 5.22. The van der Waals surface area contributed by atoms with Crippen LogP contribution in [0.2, 0.25) is 0 Å². The lowest BCUT2D eigenvalue weighted by molar-refractivity contribution is 0.125. The average molecular weight is 310 g/mol. The van der Waals surface area contributed by atoms with E-state index >= 15 is 0 Å². The summed E-state index contributed by atoms with van der Waals surface area (Å²) in [7, 11) is 0. The molecule has 118 valence electrons. The van der Waals surface area contributed by atoms with Gasteiger partial charge in [0.05, 0.1) is 6.20 Å². The number of hydrogen-bond acceptors (Lipinski definition) is 4. The Morgan fingerprint density at radius 2 is 2.04 bits per heavy atom. The summed E-state index contributed by atoms with van der Waals surface area (Å²) in [6, 6.07) is 10.4. The summed E-state index contributed by atoms with van der Waals surface area (Å²) in [5.74, 6) is 0.951. The van der Waals surface area contributed by atoms with Crippen LogP contribution in [0.1, 0.15) is 43.7 Å². The third-order valence-corrected chi connectivity index (χ3v) is 4.20. The summed E-state index contributed by atoms with van der Waals surface area (Å²) in [5, 5.41) is 4.53. The molecule has 3 heterocycles. The van der Waals surface area contributed by atoms with Crippen LogP contribution in [0.15, 0.2) is 41.3 Å². The maximum Gasteiger partial charge on any atom is 0.317 e. The van der Waals surface area contributed by atoms with Gasteiger partial charge in [0.2, 0.25) is 0 Å². The van der Waals surface area contributed by atoms with E-state index < -0.39 is 0 Å². The lowest BCUT2D eigenvalue weighted by Crippen LogP contribution is -2.32. The van der Waals surface area contributed by atoms with Crippen LogP contribution in [-0.2, 0) is 6.54 Å². The van der Waals surface area contributed by atoms with E-state index in [9.17, 15) is 4.79 Å². The van der Waals surface area contributed by atoms with Crippen molar-refractivity contribution in [1.29, 1.82) is 0 Å². The van der Waals surface area contributed by atoms with Crippen molar-refractivity contribution >= 4 is 5.52 Å². The van der Waals surface area contributed by atoms with E-state index in [1.807, 2.05) is 44.2 Å². The van der Waals surface area contributed by atoms with Gasteiger partial charge in [0.15, 0.2) is 5.52 Å². The monoisotopic (exact) mass is 310 g/mol. The fourth-order valence-corrected chi connectivity index (χ4v) is 2.99. The highest BCUT2D eigenvalue weighted by molar-refractivity contribution is 5.43. The fourth-order valence-electron chi connectivity index (χ4n) is 2.99. The van der Waals surface area contributed by atoms with Crippen molar-refractivity contribution in [1.82, 2.24) is 19.2 Å². The van der Waals surface area contributed by atoms with Crippen molar-refractivity contribution < 1.29 is 4.74 Å². The second-order valence-electron chi connectivity index (χ2n) is 6.11. The zero-order chi connectivity index (χ0) is 16.0. The van der Waals surface area contributed by atoms with Crippen LogP contribution < -0.4 is 10.3 Å². The molecule has 0 amide bonds. The number of hydrogen-bond donors (Lipinski definition) is 0. The summed E-state index contributed by atoms with van der Waals surface area (Å²) < 4.78 is 9.23. The zero-order valence-electron chi connectivity index (χ0n) is 13.1. The molecule has 2 aromatic heterocycles. The number of benzene rings is 1. The van der Waals surface area contributed by atoms with Crippen LogP contribution in [0.4, 0.5) is 0 Å². The molecule has 0 saturated heterocycles. The van der Waals surface area contributed by atoms with Gasteiger partial charge in [-0.05, 0) is 5.56 Å². The Morgan fingerprint density at radius 1 is 1.26 bits per heavy atom. The first-order valence-electron chi connectivity index (χ1n) is 7.85. The van der Waals surface area contributed by atoms with Crippen LogP contribution in [0, 0.1) is 0 Å². The van der Waals surface area contributed by atoms with Gasteiger partial charge in [-0.1, -0.05) is 44.2 Å². The van der Waals surface area contributed by atoms with E-state index in [2.05, 4.69) is 10.1 Å². The predicted molar refractivity (Wildman–Crippen MR) is 85.8 cm³/mol. The number of rotatable bonds is 2. The Kier molecular flexibility index (Phi) is 3.18. The Hall–Kier alpha value is -2.63. The predicted octanol–water partition coefficient (Wildman–Crippen LogP) is 2.54. The van der Waals surface area contributed by atoms with Crippen LogP contribution in [0.3, 0.4) is 0 Å². The molecule has 23 heavy (non-hydrogen) atoms. The van der Waals surface area contributed by atoms with Gasteiger partial charge in [-0.2, -0.15) is 0 Å². The molecule has 0 N–H and O–H groups in total. The molecule has 1 atom stereocenters. The molecule has 1 unspecified atom stereocenters. The van der Waals surface area contributed by atoms with E-state index in [1.165, 1.54) is 0 Å². The van der Waals surface area contributed by atoms with E-state index in [0.717, 1.165) is 17.8 Å². The standard InChI is InChI=1S/C17H18N4O2/c1-11(2)15-18-10-13-16(22)20-9-8-14(12-6-4-3-5-7-12)23-17(20)19-21(13)15/h3-7,10-11,14H,8-9H2,1-2H3. The molecule has 3 aromatic rings. The first-order chi connectivity index (χ1) is 11.1. The molecular weight excluding hydrogens is 292 g/mol. The molecule has 0 fully saturated rings. The molecular formula is C17H18N4O2. The van der Waals surface area contributed by atoms with E-state index in [-0.39, 0.29) is 17.6 Å². The number of nitrogens with zero attached hydrogens (tertiary/aromatic N) is 4. The maximum absolute atomic E-state index is 12.6. The minimum absolute atomic E-state index is 0.0772. The molecule has 6 heteroatoms. The smallest absolute Gasteiger partial charge is 0.317 e. The number of aromatic nitrogens is 4. The van der Waals surface area contributed by atoms with Crippen molar-refractivity contribution in [2.75, 3.05) is 0 Å². The van der Waals surface area contributed by atoms with Crippen LogP contribution >= 0.6 is 0 Å². The van der Waals surface area contributed by atoms with Crippen molar-refractivity contribution in [2.45, 2.75) is 38.8 Å². The number of imidazole rings is 1. The van der Waals surface area contributed by atoms with Gasteiger partial charge in [-0.3, -0.25) is 9.36 Å². The fraction of sp³-hybridized carbons (Fsp3) is 0.353. The third-order valence-electron chi connectivity index (χ3n) is 4.20. The van der Waals surface area contributed by atoms with Gasteiger partial charge in [-0.15, -0.1) is 5.10 Å². The lowest BCUT2D eigenvalue weighted by Gasteiger charge is -2.26. The average Bonchev–Trinajstić information content (AvgIpc) is 3.00. The van der Waals surface area contributed by atoms with Gasteiger partial charge in [0, 0.05) is 18.9 Å². The molecule has 0 radical (unpaired) electrons. The summed E-state index contributed by atoms with van der Waals surface area (Å²) in [6.07, 6.45) is 2.27. The maximum atomic E-state index is 12.6. The van der Waals surface area contributed by atoms with Crippen LogP contribution in [0.25, 0.3) is 5.52 Å². The zero-order valence-corrected chi connectivity index (χ0v) is 13.1. The van der Waals surface area contributed by atoms with E-state index in [1.54, 1.807) is 15.3 Å². The molecule has 0 saturated carbocycles. The molecule has 6 nitrogen and oxygen atoms in total. The SMILES string of the molecule is CC(C)c1ncc2c(=O)n3c(nn12)OC(c1ccccc1)CC3. The summed E-state index contributed by atoms with van der Waals surface area (Å²) in [6.45, 7) is 4.65. The Morgan fingerprint density at radius 3 is 2.78 bits per heavy atom. The largest absolute Gasteiger partial charge is 0.455 e. The molecule has 1 aromatic carbocycles. The Labute approximate surface area is 133 Å². The van der Waals surface area contributed by atoms with Gasteiger partial charge < -0.3 is 4.74 Å². The van der Waals surface area contributed by atoms with Crippen molar-refractivity contribution in [3.63, 3.8) is 0 Å². The van der Waals surface area contributed by atoms with Crippen LogP contribution in [-0.4, -0.2) is 19.2 Å². The highest BCUT2D eigenvalue weighted by atomic mass is 16.5. The topological polar surface area (TPSA) is 61.4 Å². The summed E-state index contributed by atoms with van der Waals surface area (Å²) >= 11 is 0. The molecule has 1 aliphatic heterocycles. The summed E-state index contributed by atoms with van der Waals surface area (Å²) in [5.41, 5.74) is 1.50. The van der Waals surface area contributed by atoms with Gasteiger partial charge in [0.25, 0.3) is 5.56 Å². The third kappa shape index (κ3) is 2.21. The minimum atomic E-state index is -0.0964. The molecule has 0 aliphatic carbocycles. The lowest BCUT2D eigenvalue weighted by atomic mass is 10.1. The molecule has 4 rings (SSSR count). The normalized spacial score (nSPS) is 17.3. The van der Waals surface area contributed by atoms with Crippen molar-refractivity contribution in [3.8, 4) is 6.01 Å². The summed E-state index contributed by atoms with van der Waals surface area (Å²) in [4.78, 5) is 17.0. The Balaban J connectivity index is 1.82. The minimum Gasteiger partial charge on any atom is -0.455 e. The van der Waals surface area contributed by atoms with Crippen molar-refractivity contribution in [2.24, 2.45) is 0 Å². The van der Waals surface area contributed by atoms with E-state index in [0.29, 0.717) is 18.1 Å². The highest BCUT2D eigenvalue weighted by Gasteiger charge is 2.25. The molecule has 1 aliphatic rings. The quantitative estimate of drug-likeness (QED) is 0.730. The number of ether oxygens (including phenoxy) is 1. The van der Waals surface area contributed by atoms with E-state index in [4.69, 9.17) is 4.74 Å². The first kappa shape index (κ1) is 14.0. The second-order valence-corrected chi connectivity index (χ2v) is 6.11. The Bertz CT molecular complexity index is 911. The molecule has 0 bridgehead atoms. The molecule has 0 spiro atoms. The highest BCUT2D eigenvalue weighted by Crippen LogP contribution is 2.28. The van der Waals surface area contributed by atoms with Gasteiger partial charge in [-0.25, -0.2) is 9.50 Å². The first-order valence-corrected chi connectivity index (χ1v) is 7.85.